The molecule has 2 aliphatic carbocycles. The largest absolute Gasteiger partial charge is 0.386 e. The average Bonchev–Trinajstić information content (AvgIpc) is 2.63. The molecule has 15 heavy (non-hydrogen) atoms. The van der Waals surface area contributed by atoms with Crippen LogP contribution < -0.4 is 0 Å². The van der Waals surface area contributed by atoms with E-state index in [0.717, 1.165) is 6.42 Å². The van der Waals surface area contributed by atoms with Gasteiger partial charge in [-0.3, -0.25) is 0 Å². The van der Waals surface area contributed by atoms with Crippen LogP contribution in [0.3, 0.4) is 0 Å². The molecular formula is C13H24O2. The molecule has 1 N–H and O–H groups in total. The van der Waals surface area contributed by atoms with Gasteiger partial charge in [0.2, 0.25) is 0 Å². The summed E-state index contributed by atoms with van der Waals surface area (Å²) in [6, 6.07) is 0. The molecule has 0 radical (unpaired) electrons. The highest BCUT2D eigenvalue weighted by Crippen LogP contribution is 2.67. The molecule has 2 heteroatoms. The molecule has 0 heterocycles. The van der Waals surface area contributed by atoms with E-state index >= 15 is 0 Å². The van der Waals surface area contributed by atoms with Crippen molar-refractivity contribution in [3.05, 3.63) is 0 Å². The van der Waals surface area contributed by atoms with Crippen molar-refractivity contribution in [3.8, 4) is 0 Å². The Balaban J connectivity index is 2.28. The molecule has 0 aliphatic heterocycles. The number of aliphatic hydroxyl groups is 1. The van der Waals surface area contributed by atoms with Gasteiger partial charge in [0.05, 0.1) is 12.2 Å². The molecule has 2 aliphatic rings. The van der Waals surface area contributed by atoms with Gasteiger partial charge in [-0.2, -0.15) is 0 Å². The van der Waals surface area contributed by atoms with Crippen molar-refractivity contribution < 1.29 is 9.84 Å². The Morgan fingerprint density at radius 2 is 2.00 bits per heavy atom. The van der Waals surface area contributed by atoms with Gasteiger partial charge in [-0.1, -0.05) is 20.8 Å². The molecule has 3 atom stereocenters. The van der Waals surface area contributed by atoms with Crippen LogP contribution in [0.25, 0.3) is 0 Å². The summed E-state index contributed by atoms with van der Waals surface area (Å²) in [5.41, 5.74) is -0.537. The van der Waals surface area contributed by atoms with E-state index in [1.54, 1.807) is 0 Å². The van der Waals surface area contributed by atoms with E-state index in [1.165, 1.54) is 12.8 Å². The highest BCUT2D eigenvalue weighted by atomic mass is 16.5. The van der Waals surface area contributed by atoms with Crippen LogP contribution in [0, 0.1) is 16.7 Å². The summed E-state index contributed by atoms with van der Waals surface area (Å²) in [5, 5.41) is 11.0. The molecule has 2 saturated carbocycles. The molecule has 0 spiro atoms. The maximum absolute atomic E-state index is 11.0. The van der Waals surface area contributed by atoms with Gasteiger partial charge in [0.25, 0.3) is 0 Å². The summed E-state index contributed by atoms with van der Waals surface area (Å²) in [7, 11) is 0. The second-order valence-electron chi connectivity index (χ2n) is 6.22. The van der Waals surface area contributed by atoms with Crippen LogP contribution in [0.2, 0.25) is 0 Å². The molecular weight excluding hydrogens is 188 g/mol. The molecule has 0 saturated heterocycles. The first-order chi connectivity index (χ1) is 6.87. The number of hydrogen-bond donors (Lipinski definition) is 1. The van der Waals surface area contributed by atoms with E-state index in [9.17, 15) is 5.11 Å². The summed E-state index contributed by atoms with van der Waals surface area (Å²) in [5.74, 6) is 0.674. The molecule has 0 aromatic rings. The minimum Gasteiger partial charge on any atom is -0.386 e. The number of hydrogen-bond acceptors (Lipinski definition) is 2. The van der Waals surface area contributed by atoms with Crippen molar-refractivity contribution in [2.75, 3.05) is 13.2 Å². The van der Waals surface area contributed by atoms with Crippen molar-refractivity contribution in [3.63, 3.8) is 0 Å². The van der Waals surface area contributed by atoms with Crippen LogP contribution in [-0.2, 0) is 4.74 Å². The molecule has 0 amide bonds. The lowest BCUT2D eigenvalue weighted by atomic mass is 9.61. The third-order valence-electron chi connectivity index (χ3n) is 5.34. The fourth-order valence-corrected chi connectivity index (χ4v) is 3.96. The summed E-state index contributed by atoms with van der Waals surface area (Å²) in [6.07, 6.45) is 3.60. The lowest BCUT2D eigenvalue weighted by molar-refractivity contribution is -0.178. The van der Waals surface area contributed by atoms with Crippen molar-refractivity contribution in [1.82, 2.24) is 0 Å². The van der Waals surface area contributed by atoms with E-state index in [-0.39, 0.29) is 10.8 Å². The minimum atomic E-state index is -0.626. The zero-order valence-electron chi connectivity index (χ0n) is 10.5. The highest BCUT2D eigenvalue weighted by molar-refractivity contribution is 5.18. The van der Waals surface area contributed by atoms with Crippen LogP contribution in [0.5, 0.6) is 0 Å². The molecule has 0 aromatic carbocycles. The SMILES string of the molecule is CCOCC1(O)C2(C)CCC(C2)C1(C)C. The molecule has 2 rings (SSSR count). The summed E-state index contributed by atoms with van der Waals surface area (Å²) < 4.78 is 5.52. The molecule has 3 unspecified atom stereocenters. The van der Waals surface area contributed by atoms with E-state index in [4.69, 9.17) is 4.74 Å². The second-order valence-corrected chi connectivity index (χ2v) is 6.22. The lowest BCUT2D eigenvalue weighted by Gasteiger charge is -2.50. The minimum absolute atomic E-state index is 0.00910. The first-order valence-electron chi connectivity index (χ1n) is 6.17. The smallest absolute Gasteiger partial charge is 0.0986 e. The van der Waals surface area contributed by atoms with Crippen molar-refractivity contribution >= 4 is 0 Å². The first-order valence-corrected chi connectivity index (χ1v) is 6.17. The highest BCUT2D eigenvalue weighted by Gasteiger charge is 2.68. The van der Waals surface area contributed by atoms with Crippen molar-refractivity contribution in [2.45, 2.75) is 52.6 Å². The second kappa shape index (κ2) is 3.21. The fraction of sp³-hybridized carbons (Fsp3) is 1.00. The van der Waals surface area contributed by atoms with Crippen molar-refractivity contribution in [1.29, 1.82) is 0 Å². The number of fused-ring (bicyclic) bond motifs is 2. The molecule has 0 aromatic heterocycles. The van der Waals surface area contributed by atoms with E-state index in [0.29, 0.717) is 19.1 Å². The van der Waals surface area contributed by atoms with Crippen LogP contribution in [0.1, 0.15) is 47.0 Å². The molecule has 88 valence electrons. The normalized spacial score (nSPS) is 47.4. The Hall–Kier alpha value is -0.0800. The van der Waals surface area contributed by atoms with Crippen LogP contribution in [0.15, 0.2) is 0 Å². The Kier molecular flexibility index (Phi) is 2.44. The summed E-state index contributed by atoms with van der Waals surface area (Å²) in [4.78, 5) is 0. The van der Waals surface area contributed by atoms with Gasteiger partial charge in [0.1, 0.15) is 0 Å². The van der Waals surface area contributed by atoms with Gasteiger partial charge < -0.3 is 9.84 Å². The number of rotatable bonds is 3. The lowest BCUT2D eigenvalue weighted by Crippen LogP contribution is -2.57. The predicted octanol–water partition coefficient (Wildman–Crippen LogP) is 2.60. The zero-order chi connectivity index (χ0) is 11.3. The van der Waals surface area contributed by atoms with E-state index in [1.807, 2.05) is 6.92 Å². The Morgan fingerprint density at radius 1 is 1.33 bits per heavy atom. The van der Waals surface area contributed by atoms with Gasteiger partial charge in [-0.05, 0) is 42.9 Å². The quantitative estimate of drug-likeness (QED) is 0.779. The maximum atomic E-state index is 11.0. The third-order valence-corrected chi connectivity index (χ3v) is 5.34. The van der Waals surface area contributed by atoms with Gasteiger partial charge in [0, 0.05) is 6.61 Å². The van der Waals surface area contributed by atoms with Crippen molar-refractivity contribution in [2.24, 2.45) is 16.7 Å². The van der Waals surface area contributed by atoms with Crippen LogP contribution >= 0.6 is 0 Å². The van der Waals surface area contributed by atoms with E-state index < -0.39 is 5.60 Å². The van der Waals surface area contributed by atoms with E-state index in [2.05, 4.69) is 20.8 Å². The van der Waals surface area contributed by atoms with Gasteiger partial charge >= 0.3 is 0 Å². The Bertz CT molecular complexity index is 255. The molecule has 2 nitrogen and oxygen atoms in total. The maximum Gasteiger partial charge on any atom is 0.0986 e. The predicted molar refractivity (Wildman–Crippen MR) is 60.7 cm³/mol. The molecule has 2 fully saturated rings. The van der Waals surface area contributed by atoms with Gasteiger partial charge in [-0.25, -0.2) is 0 Å². The van der Waals surface area contributed by atoms with Gasteiger partial charge in [-0.15, -0.1) is 0 Å². The van der Waals surface area contributed by atoms with Gasteiger partial charge in [0.15, 0.2) is 0 Å². The monoisotopic (exact) mass is 212 g/mol. The average molecular weight is 212 g/mol. The zero-order valence-corrected chi connectivity index (χ0v) is 10.5. The molecule has 2 bridgehead atoms. The van der Waals surface area contributed by atoms with Crippen LogP contribution in [0.4, 0.5) is 0 Å². The Morgan fingerprint density at radius 3 is 2.47 bits per heavy atom. The van der Waals surface area contributed by atoms with Crippen LogP contribution in [-0.4, -0.2) is 23.9 Å². The topological polar surface area (TPSA) is 29.5 Å². The number of ether oxygens (including phenoxy) is 1. The standard InChI is InChI=1S/C13H24O2/c1-5-15-9-13(14)11(2,3)10-6-7-12(13,4)8-10/h10,14H,5-9H2,1-4H3. The summed E-state index contributed by atoms with van der Waals surface area (Å²) in [6.45, 7) is 9.84. The first kappa shape index (κ1) is 11.4. The summed E-state index contributed by atoms with van der Waals surface area (Å²) >= 11 is 0. The third kappa shape index (κ3) is 1.24. The fourth-order valence-electron chi connectivity index (χ4n) is 3.96. The Labute approximate surface area is 93.0 Å².